The first-order valence-corrected chi connectivity index (χ1v) is 2.33. The number of nitrogen functional groups attached to an aromatic ring is 1. The zero-order valence-corrected chi connectivity index (χ0v) is 5.58. The summed E-state index contributed by atoms with van der Waals surface area (Å²) in [5.74, 6) is 0.249. The van der Waals surface area contributed by atoms with Gasteiger partial charge in [0.2, 0.25) is 0 Å². The third-order valence-electron chi connectivity index (χ3n) is 0.893. The van der Waals surface area contributed by atoms with Crippen molar-refractivity contribution >= 4 is 5.69 Å². The Balaban J connectivity index is 0.000000640. The third kappa shape index (κ3) is 2.40. The van der Waals surface area contributed by atoms with Gasteiger partial charge in [-0.1, -0.05) is 0 Å². The summed E-state index contributed by atoms with van der Waals surface area (Å²) in [5.41, 5.74) is 5.98. The fourth-order valence-electron chi connectivity index (χ4n) is 0.474. The molecule has 0 saturated carbocycles. The van der Waals surface area contributed by atoms with Gasteiger partial charge in [0.25, 0.3) is 0 Å². The molecule has 0 aromatic heterocycles. The number of hydrogen-bond donors (Lipinski definition) is 2. The maximum atomic E-state index is 8.70. The Morgan fingerprint density at radius 2 is 1.56 bits per heavy atom. The van der Waals surface area contributed by atoms with Crippen LogP contribution < -0.4 is 5.73 Å². The van der Waals surface area contributed by atoms with Crippen molar-refractivity contribution in [2.24, 2.45) is 0 Å². The van der Waals surface area contributed by atoms with Crippen molar-refractivity contribution in [3.8, 4) is 5.75 Å². The summed E-state index contributed by atoms with van der Waals surface area (Å²) < 4.78 is 0. The van der Waals surface area contributed by atoms with Crippen molar-refractivity contribution in [3.05, 3.63) is 24.3 Å². The van der Waals surface area contributed by atoms with Crippen molar-refractivity contribution < 1.29 is 22.2 Å². The fourth-order valence-corrected chi connectivity index (χ4v) is 0.474. The van der Waals surface area contributed by atoms with Gasteiger partial charge in [-0.15, -0.1) is 0 Å². The van der Waals surface area contributed by atoms with E-state index in [1.165, 1.54) is 0 Å². The van der Waals surface area contributed by atoms with Gasteiger partial charge in [-0.3, -0.25) is 0 Å². The van der Waals surface area contributed by atoms with Crippen LogP contribution in [-0.2, 0) is 17.1 Å². The Morgan fingerprint density at radius 1 is 1.11 bits per heavy atom. The second-order valence-electron chi connectivity index (χ2n) is 1.59. The van der Waals surface area contributed by atoms with E-state index in [9.17, 15) is 0 Å². The fraction of sp³-hybridized carbons (Fsp3) is 0. The van der Waals surface area contributed by atoms with Crippen molar-refractivity contribution in [1.29, 1.82) is 0 Å². The van der Waals surface area contributed by atoms with E-state index in [1.807, 2.05) is 0 Å². The van der Waals surface area contributed by atoms with Gasteiger partial charge in [-0.25, -0.2) is 0 Å². The van der Waals surface area contributed by atoms with Gasteiger partial charge in [0.1, 0.15) is 5.75 Å². The average molecular weight is 173 g/mol. The third-order valence-corrected chi connectivity index (χ3v) is 0.893. The number of phenols is 1. The van der Waals surface area contributed by atoms with E-state index in [4.69, 9.17) is 10.8 Å². The Morgan fingerprint density at radius 3 is 1.89 bits per heavy atom. The van der Waals surface area contributed by atoms with Crippen LogP contribution in [0.25, 0.3) is 0 Å². The van der Waals surface area contributed by atoms with E-state index in [0.717, 1.165) is 0 Å². The zero-order valence-electron chi connectivity index (χ0n) is 4.64. The van der Waals surface area contributed by atoms with E-state index in [-0.39, 0.29) is 22.8 Å². The second-order valence-corrected chi connectivity index (χ2v) is 1.59. The Hall–Kier alpha value is -0.661. The number of nitrogens with two attached hydrogens (primary N) is 1. The SMILES string of the molecule is Nc1ccc(O)cc1.[Cu]. The van der Waals surface area contributed by atoms with Crippen LogP contribution in [0.5, 0.6) is 5.75 Å². The molecule has 1 rings (SSSR count). The molecule has 2 nitrogen and oxygen atoms in total. The quantitative estimate of drug-likeness (QED) is 0.348. The van der Waals surface area contributed by atoms with Crippen LogP contribution in [0.15, 0.2) is 24.3 Å². The largest absolute Gasteiger partial charge is 0.508 e. The molecule has 53 valence electrons. The standard InChI is InChI=1S/C6H7NO.Cu/c7-5-1-3-6(8)4-2-5;/h1-4,8H,7H2;. The van der Waals surface area contributed by atoms with Gasteiger partial charge < -0.3 is 10.8 Å². The topological polar surface area (TPSA) is 46.2 Å². The molecular formula is C6H7CuNO. The number of benzene rings is 1. The molecule has 3 N–H and O–H groups in total. The minimum absolute atomic E-state index is 0. The first kappa shape index (κ1) is 8.34. The molecule has 0 unspecified atom stereocenters. The Labute approximate surface area is 64.2 Å². The van der Waals surface area contributed by atoms with Gasteiger partial charge in [0.15, 0.2) is 0 Å². The van der Waals surface area contributed by atoms with Crippen molar-refractivity contribution in [3.63, 3.8) is 0 Å². The molecule has 3 heteroatoms. The number of anilines is 1. The first-order valence-electron chi connectivity index (χ1n) is 2.33. The van der Waals surface area contributed by atoms with Gasteiger partial charge in [0, 0.05) is 22.8 Å². The maximum absolute atomic E-state index is 8.70. The van der Waals surface area contributed by atoms with E-state index in [2.05, 4.69) is 0 Å². The summed E-state index contributed by atoms with van der Waals surface area (Å²) in [7, 11) is 0. The van der Waals surface area contributed by atoms with Crippen molar-refractivity contribution in [2.75, 3.05) is 5.73 Å². The molecular weight excluding hydrogens is 166 g/mol. The van der Waals surface area contributed by atoms with E-state index >= 15 is 0 Å². The Kier molecular flexibility index (Phi) is 3.13. The average Bonchev–Trinajstić information content (AvgIpc) is 1.77. The van der Waals surface area contributed by atoms with Crippen LogP contribution >= 0.6 is 0 Å². The summed E-state index contributed by atoms with van der Waals surface area (Å²) in [5, 5.41) is 8.70. The number of phenolic OH excluding ortho intramolecular Hbond substituents is 1. The molecule has 0 aliphatic heterocycles. The van der Waals surface area contributed by atoms with Crippen LogP contribution in [0.3, 0.4) is 0 Å². The van der Waals surface area contributed by atoms with Gasteiger partial charge >= 0.3 is 0 Å². The first-order chi connectivity index (χ1) is 3.79. The molecule has 1 aromatic rings. The molecule has 0 heterocycles. The molecule has 1 aromatic carbocycles. The monoisotopic (exact) mass is 172 g/mol. The molecule has 0 spiro atoms. The van der Waals surface area contributed by atoms with Crippen molar-refractivity contribution in [1.82, 2.24) is 0 Å². The van der Waals surface area contributed by atoms with Crippen LogP contribution in [-0.4, -0.2) is 5.11 Å². The predicted octanol–water partition coefficient (Wildman–Crippen LogP) is 0.972. The smallest absolute Gasteiger partial charge is 0.115 e. The molecule has 1 radical (unpaired) electrons. The normalized spacial score (nSPS) is 8.00. The molecule has 0 atom stereocenters. The predicted molar refractivity (Wildman–Crippen MR) is 32.5 cm³/mol. The van der Waals surface area contributed by atoms with Crippen LogP contribution in [0.4, 0.5) is 5.69 Å². The molecule has 0 bridgehead atoms. The van der Waals surface area contributed by atoms with Gasteiger partial charge in [-0.05, 0) is 24.3 Å². The molecule has 0 amide bonds. The van der Waals surface area contributed by atoms with Crippen LogP contribution in [0, 0.1) is 0 Å². The minimum atomic E-state index is 0. The molecule has 0 saturated heterocycles. The molecule has 9 heavy (non-hydrogen) atoms. The summed E-state index contributed by atoms with van der Waals surface area (Å²) >= 11 is 0. The van der Waals surface area contributed by atoms with E-state index in [0.29, 0.717) is 5.69 Å². The van der Waals surface area contributed by atoms with Crippen LogP contribution in [0.1, 0.15) is 0 Å². The summed E-state index contributed by atoms with van der Waals surface area (Å²) in [6.45, 7) is 0. The zero-order chi connectivity index (χ0) is 5.98. The number of aromatic hydroxyl groups is 1. The molecule has 0 aliphatic carbocycles. The molecule has 0 aliphatic rings. The van der Waals surface area contributed by atoms with Gasteiger partial charge in [0.05, 0.1) is 0 Å². The Bertz CT molecular complexity index is 152. The summed E-state index contributed by atoms with van der Waals surface area (Å²) in [6.07, 6.45) is 0. The number of rotatable bonds is 0. The van der Waals surface area contributed by atoms with Gasteiger partial charge in [-0.2, -0.15) is 0 Å². The number of hydrogen-bond acceptors (Lipinski definition) is 2. The molecule has 0 fully saturated rings. The van der Waals surface area contributed by atoms with E-state index < -0.39 is 0 Å². The van der Waals surface area contributed by atoms with Crippen LogP contribution in [0.2, 0.25) is 0 Å². The maximum Gasteiger partial charge on any atom is 0.115 e. The van der Waals surface area contributed by atoms with Crippen molar-refractivity contribution in [2.45, 2.75) is 0 Å². The minimum Gasteiger partial charge on any atom is -0.508 e. The summed E-state index contributed by atoms with van der Waals surface area (Å²) in [6, 6.07) is 6.40. The summed E-state index contributed by atoms with van der Waals surface area (Å²) in [4.78, 5) is 0. The van der Waals surface area contributed by atoms with E-state index in [1.54, 1.807) is 24.3 Å². The second kappa shape index (κ2) is 3.38.